The van der Waals surface area contributed by atoms with E-state index in [0.717, 1.165) is 38.5 Å². The molecule has 3 unspecified atom stereocenters. The van der Waals surface area contributed by atoms with Crippen molar-refractivity contribution in [2.75, 3.05) is 13.6 Å². The summed E-state index contributed by atoms with van der Waals surface area (Å²) < 4.78 is 27.9. The van der Waals surface area contributed by atoms with Crippen LogP contribution in [0.3, 0.4) is 0 Å². The van der Waals surface area contributed by atoms with Crippen molar-refractivity contribution in [3.63, 3.8) is 0 Å². The Bertz CT molecular complexity index is 358. The van der Waals surface area contributed by atoms with E-state index in [0.29, 0.717) is 6.54 Å². The lowest BCUT2D eigenvalue weighted by molar-refractivity contribution is 0.0720. The van der Waals surface area contributed by atoms with Crippen LogP contribution in [0.25, 0.3) is 0 Å². The SMILES string of the molecule is CNS(=O)(=O)N1CCCCC1C1CCCC1O. The van der Waals surface area contributed by atoms with Crippen LogP contribution in [0.4, 0.5) is 0 Å². The standard InChI is InChI=1S/C11H22N2O3S/c1-12-17(15,16)13-8-3-2-6-10(13)9-5-4-7-11(9)14/h9-12,14H,2-8H2,1H3. The van der Waals surface area contributed by atoms with Crippen LogP contribution in [0.2, 0.25) is 0 Å². The summed E-state index contributed by atoms with van der Waals surface area (Å²) in [6.07, 6.45) is 5.30. The Morgan fingerprint density at radius 2 is 1.94 bits per heavy atom. The van der Waals surface area contributed by atoms with Crippen LogP contribution >= 0.6 is 0 Å². The third-order valence-corrected chi connectivity index (χ3v) is 5.68. The van der Waals surface area contributed by atoms with E-state index in [9.17, 15) is 13.5 Å². The van der Waals surface area contributed by atoms with Gasteiger partial charge in [0.25, 0.3) is 10.2 Å². The largest absolute Gasteiger partial charge is 0.393 e. The zero-order chi connectivity index (χ0) is 12.5. The molecule has 0 amide bonds. The summed E-state index contributed by atoms with van der Waals surface area (Å²) >= 11 is 0. The maximum atomic E-state index is 12.0. The first-order chi connectivity index (χ1) is 8.06. The molecule has 1 saturated carbocycles. The number of hydrogen-bond donors (Lipinski definition) is 2. The first kappa shape index (κ1) is 13.3. The van der Waals surface area contributed by atoms with Gasteiger partial charge in [-0.2, -0.15) is 12.7 Å². The predicted octanol–water partition coefficient (Wildman–Crippen LogP) is 0.466. The highest BCUT2D eigenvalue weighted by Gasteiger charge is 2.41. The predicted molar refractivity (Wildman–Crippen MR) is 65.7 cm³/mol. The maximum absolute atomic E-state index is 12.0. The molecule has 0 radical (unpaired) electrons. The fraction of sp³-hybridized carbons (Fsp3) is 1.00. The molecule has 0 aromatic carbocycles. The van der Waals surface area contributed by atoms with Crippen molar-refractivity contribution in [2.45, 2.75) is 50.7 Å². The van der Waals surface area contributed by atoms with Gasteiger partial charge in [0.1, 0.15) is 0 Å². The van der Waals surface area contributed by atoms with Crippen molar-refractivity contribution in [2.24, 2.45) is 5.92 Å². The highest BCUT2D eigenvalue weighted by molar-refractivity contribution is 7.87. The number of aliphatic hydroxyl groups is 1. The van der Waals surface area contributed by atoms with Gasteiger partial charge in [-0.15, -0.1) is 0 Å². The quantitative estimate of drug-likeness (QED) is 0.776. The van der Waals surface area contributed by atoms with Crippen LogP contribution in [-0.2, 0) is 10.2 Å². The van der Waals surface area contributed by atoms with Crippen LogP contribution < -0.4 is 4.72 Å². The van der Waals surface area contributed by atoms with Crippen LogP contribution in [0, 0.1) is 5.92 Å². The van der Waals surface area contributed by atoms with Gasteiger partial charge in [-0.3, -0.25) is 0 Å². The van der Waals surface area contributed by atoms with E-state index < -0.39 is 10.2 Å². The second-order valence-electron chi connectivity index (χ2n) is 5.05. The summed E-state index contributed by atoms with van der Waals surface area (Å²) in [6, 6.07) is -0.0151. The number of nitrogens with one attached hydrogen (secondary N) is 1. The van der Waals surface area contributed by atoms with Crippen molar-refractivity contribution in [3.05, 3.63) is 0 Å². The van der Waals surface area contributed by atoms with E-state index in [2.05, 4.69) is 4.72 Å². The Balaban J connectivity index is 2.17. The Labute approximate surface area is 103 Å². The van der Waals surface area contributed by atoms with Gasteiger partial charge in [-0.1, -0.05) is 12.8 Å². The van der Waals surface area contributed by atoms with E-state index in [1.165, 1.54) is 7.05 Å². The Kier molecular flexibility index (Phi) is 4.07. The van der Waals surface area contributed by atoms with Crippen LogP contribution in [0.15, 0.2) is 0 Å². The molecule has 100 valence electrons. The summed E-state index contributed by atoms with van der Waals surface area (Å²) in [4.78, 5) is 0. The molecule has 0 aromatic heterocycles. The van der Waals surface area contributed by atoms with Gasteiger partial charge < -0.3 is 5.11 Å². The van der Waals surface area contributed by atoms with E-state index in [-0.39, 0.29) is 18.1 Å². The number of piperidine rings is 1. The third kappa shape index (κ3) is 2.65. The molecule has 2 aliphatic rings. The second-order valence-corrected chi connectivity index (χ2v) is 6.87. The lowest BCUT2D eigenvalue weighted by atomic mass is 9.89. The van der Waals surface area contributed by atoms with Crippen molar-refractivity contribution in [3.8, 4) is 0 Å². The molecule has 5 nitrogen and oxygen atoms in total. The maximum Gasteiger partial charge on any atom is 0.279 e. The lowest BCUT2D eigenvalue weighted by Gasteiger charge is -2.38. The Morgan fingerprint density at radius 3 is 2.53 bits per heavy atom. The van der Waals surface area contributed by atoms with E-state index >= 15 is 0 Å². The van der Waals surface area contributed by atoms with Gasteiger partial charge >= 0.3 is 0 Å². The summed E-state index contributed by atoms with van der Waals surface area (Å²) in [7, 11) is -1.91. The molecular weight excluding hydrogens is 240 g/mol. The molecule has 1 heterocycles. The van der Waals surface area contributed by atoms with Gasteiger partial charge in [-0.05, 0) is 25.7 Å². The normalized spacial score (nSPS) is 36.2. The summed E-state index contributed by atoms with van der Waals surface area (Å²) in [5.74, 6) is 0.124. The monoisotopic (exact) mass is 262 g/mol. The van der Waals surface area contributed by atoms with E-state index in [1.807, 2.05) is 0 Å². The van der Waals surface area contributed by atoms with Crippen LogP contribution in [-0.4, -0.2) is 43.6 Å². The fourth-order valence-corrected chi connectivity index (χ4v) is 4.41. The first-order valence-electron chi connectivity index (χ1n) is 6.44. The number of rotatable bonds is 3. The highest BCUT2D eigenvalue weighted by Crippen LogP contribution is 2.35. The van der Waals surface area contributed by atoms with Crippen molar-refractivity contribution in [1.82, 2.24) is 9.03 Å². The van der Waals surface area contributed by atoms with Crippen molar-refractivity contribution in [1.29, 1.82) is 0 Å². The number of hydrogen-bond acceptors (Lipinski definition) is 3. The third-order valence-electron chi connectivity index (χ3n) is 4.09. The molecule has 2 fully saturated rings. The minimum Gasteiger partial charge on any atom is -0.393 e. The molecule has 0 aromatic rings. The fourth-order valence-electron chi connectivity index (χ4n) is 3.19. The van der Waals surface area contributed by atoms with Crippen LogP contribution in [0.1, 0.15) is 38.5 Å². The van der Waals surface area contributed by atoms with Crippen molar-refractivity contribution < 1.29 is 13.5 Å². The smallest absolute Gasteiger partial charge is 0.279 e. The lowest BCUT2D eigenvalue weighted by Crippen LogP contribution is -2.52. The van der Waals surface area contributed by atoms with Gasteiger partial charge in [0.15, 0.2) is 0 Å². The Morgan fingerprint density at radius 1 is 1.18 bits per heavy atom. The zero-order valence-corrected chi connectivity index (χ0v) is 11.1. The first-order valence-corrected chi connectivity index (χ1v) is 7.88. The van der Waals surface area contributed by atoms with Gasteiger partial charge in [-0.25, -0.2) is 4.72 Å². The number of aliphatic hydroxyl groups excluding tert-OH is 1. The van der Waals surface area contributed by atoms with Gasteiger partial charge in [0, 0.05) is 25.6 Å². The van der Waals surface area contributed by atoms with E-state index in [1.54, 1.807) is 4.31 Å². The molecule has 1 saturated heterocycles. The highest BCUT2D eigenvalue weighted by atomic mass is 32.2. The molecule has 1 aliphatic heterocycles. The molecular formula is C11H22N2O3S. The van der Waals surface area contributed by atoms with Crippen LogP contribution in [0.5, 0.6) is 0 Å². The summed E-state index contributed by atoms with van der Waals surface area (Å²) in [6.45, 7) is 0.580. The molecule has 0 bridgehead atoms. The average molecular weight is 262 g/mol. The molecule has 3 atom stereocenters. The molecule has 2 N–H and O–H groups in total. The molecule has 1 aliphatic carbocycles. The molecule has 0 spiro atoms. The zero-order valence-electron chi connectivity index (χ0n) is 10.3. The molecule has 6 heteroatoms. The minimum atomic E-state index is -3.36. The topological polar surface area (TPSA) is 69.6 Å². The van der Waals surface area contributed by atoms with Gasteiger partial charge in [0.2, 0.25) is 0 Å². The molecule has 17 heavy (non-hydrogen) atoms. The summed E-state index contributed by atoms with van der Waals surface area (Å²) in [5, 5.41) is 9.96. The van der Waals surface area contributed by atoms with Crippen molar-refractivity contribution >= 4 is 10.2 Å². The second kappa shape index (κ2) is 5.22. The van der Waals surface area contributed by atoms with E-state index in [4.69, 9.17) is 0 Å². The Hall–Kier alpha value is -0.170. The minimum absolute atomic E-state index is 0.0151. The molecule has 2 rings (SSSR count). The summed E-state index contributed by atoms with van der Waals surface area (Å²) in [5.41, 5.74) is 0. The average Bonchev–Trinajstić information content (AvgIpc) is 2.75. The van der Waals surface area contributed by atoms with Gasteiger partial charge in [0.05, 0.1) is 6.10 Å². The number of nitrogens with zero attached hydrogens (tertiary/aromatic N) is 1.